The van der Waals surface area contributed by atoms with Gasteiger partial charge in [-0.15, -0.1) is 0 Å². The van der Waals surface area contributed by atoms with Gasteiger partial charge in [0.25, 0.3) is 0 Å². The number of allylic oxidation sites excluding steroid dienone is 1. The van der Waals surface area contributed by atoms with E-state index in [-0.39, 0.29) is 29.6 Å². The van der Waals surface area contributed by atoms with Crippen LogP contribution < -0.4 is 29.6 Å². The van der Waals surface area contributed by atoms with Gasteiger partial charge in [-0.05, 0) is 29.2 Å². The number of aryl methyl sites for hydroxylation is 1. The minimum atomic E-state index is 0. The first kappa shape index (κ1) is 10.3. The summed E-state index contributed by atoms with van der Waals surface area (Å²) >= 11 is 0. The van der Waals surface area contributed by atoms with Crippen molar-refractivity contribution in [2.45, 2.75) is 12.5 Å². The zero-order valence-electron chi connectivity index (χ0n) is 7.46. The molecule has 0 N–H and O–H groups in total. The summed E-state index contributed by atoms with van der Waals surface area (Å²) in [5.74, 6) is 0. The average molecular weight is 180 g/mol. The van der Waals surface area contributed by atoms with Gasteiger partial charge in [0.2, 0.25) is 0 Å². The SMILES string of the molecule is Cc1cccc2c1C=CC2[Si].[Na+]. The minimum absolute atomic E-state index is 0. The first-order chi connectivity index (χ1) is 5.29. The molecule has 1 aliphatic carbocycles. The second-order valence-electron chi connectivity index (χ2n) is 2.91. The predicted octanol–water partition coefficient (Wildman–Crippen LogP) is -0.765. The summed E-state index contributed by atoms with van der Waals surface area (Å²) < 4.78 is 0. The quantitative estimate of drug-likeness (QED) is 0.460. The van der Waals surface area contributed by atoms with Gasteiger partial charge in [-0.25, -0.2) is 0 Å². The third-order valence-corrected chi connectivity index (χ3v) is 2.65. The van der Waals surface area contributed by atoms with E-state index in [0.717, 1.165) is 0 Å². The number of rotatable bonds is 0. The Kier molecular flexibility index (Phi) is 3.35. The van der Waals surface area contributed by atoms with Crippen LogP contribution in [0.1, 0.15) is 22.2 Å². The monoisotopic (exact) mass is 180 g/mol. The van der Waals surface area contributed by atoms with E-state index in [1.54, 1.807) is 0 Å². The molecule has 0 heterocycles. The summed E-state index contributed by atoms with van der Waals surface area (Å²) in [6.45, 7) is 2.15. The fraction of sp³-hybridized carbons (Fsp3) is 0.200. The van der Waals surface area contributed by atoms with Gasteiger partial charge >= 0.3 is 29.6 Å². The van der Waals surface area contributed by atoms with Gasteiger partial charge in [-0.1, -0.05) is 30.4 Å². The van der Waals surface area contributed by atoms with Crippen molar-refractivity contribution in [2.75, 3.05) is 0 Å². The van der Waals surface area contributed by atoms with Crippen LogP contribution in [0.5, 0.6) is 0 Å². The predicted molar refractivity (Wildman–Crippen MR) is 48.7 cm³/mol. The molecule has 2 rings (SSSR count). The number of hydrogen-bond acceptors (Lipinski definition) is 0. The van der Waals surface area contributed by atoms with Crippen molar-refractivity contribution in [1.82, 2.24) is 0 Å². The van der Waals surface area contributed by atoms with E-state index in [1.165, 1.54) is 16.7 Å². The van der Waals surface area contributed by atoms with Crippen LogP contribution in [0.4, 0.5) is 0 Å². The van der Waals surface area contributed by atoms with Crippen molar-refractivity contribution in [3.8, 4) is 0 Å². The maximum Gasteiger partial charge on any atom is 1.00 e. The molecule has 0 spiro atoms. The molecule has 1 aliphatic rings. The Morgan fingerprint density at radius 3 is 2.75 bits per heavy atom. The first-order valence-electron chi connectivity index (χ1n) is 3.78. The van der Waals surface area contributed by atoms with Crippen LogP contribution in [0.15, 0.2) is 24.3 Å². The van der Waals surface area contributed by atoms with Crippen molar-refractivity contribution in [2.24, 2.45) is 0 Å². The molecule has 2 heteroatoms. The van der Waals surface area contributed by atoms with Crippen LogP contribution >= 0.6 is 0 Å². The number of benzene rings is 1. The molecule has 0 saturated heterocycles. The molecular weight excluding hydrogens is 171 g/mol. The van der Waals surface area contributed by atoms with Crippen LogP contribution in [0.25, 0.3) is 6.08 Å². The van der Waals surface area contributed by atoms with E-state index in [2.05, 4.69) is 47.5 Å². The molecule has 1 unspecified atom stereocenters. The second kappa shape index (κ2) is 3.92. The van der Waals surface area contributed by atoms with E-state index in [4.69, 9.17) is 0 Å². The molecule has 12 heavy (non-hydrogen) atoms. The Balaban J connectivity index is 0.000000720. The fourth-order valence-electron chi connectivity index (χ4n) is 1.50. The van der Waals surface area contributed by atoms with Crippen molar-refractivity contribution in [1.29, 1.82) is 0 Å². The van der Waals surface area contributed by atoms with E-state index in [9.17, 15) is 0 Å². The standard InChI is InChI=1S/C10H9Si.Na/c1-7-3-2-4-9-8(7)5-6-10(9)11;/h2-6,10H,1H3;/q;+1. The summed E-state index contributed by atoms with van der Waals surface area (Å²) in [5, 5.41) is 0. The third kappa shape index (κ3) is 1.60. The molecule has 1 aromatic rings. The summed E-state index contributed by atoms with van der Waals surface area (Å²) in [7, 11) is 3.63. The Hall–Kier alpha value is 0.177. The Bertz CT molecular complexity index is 318. The van der Waals surface area contributed by atoms with Crippen molar-refractivity contribution >= 4 is 16.3 Å². The zero-order valence-corrected chi connectivity index (χ0v) is 10.5. The van der Waals surface area contributed by atoms with Crippen molar-refractivity contribution in [3.05, 3.63) is 41.0 Å². The van der Waals surface area contributed by atoms with E-state index in [1.807, 2.05) is 0 Å². The van der Waals surface area contributed by atoms with Crippen LogP contribution in [0, 0.1) is 6.92 Å². The van der Waals surface area contributed by atoms with Crippen molar-refractivity contribution < 1.29 is 29.6 Å². The minimum Gasteiger partial charge on any atom is -0.0800 e. The van der Waals surface area contributed by atoms with Gasteiger partial charge in [-0.3, -0.25) is 0 Å². The maximum atomic E-state index is 3.63. The van der Waals surface area contributed by atoms with Crippen LogP contribution in [-0.4, -0.2) is 10.2 Å². The Labute approximate surface area is 98.8 Å². The maximum absolute atomic E-state index is 3.63. The number of fused-ring (bicyclic) bond motifs is 1. The largest absolute Gasteiger partial charge is 1.00 e. The van der Waals surface area contributed by atoms with E-state index >= 15 is 0 Å². The van der Waals surface area contributed by atoms with Gasteiger partial charge < -0.3 is 0 Å². The molecule has 0 aromatic heterocycles. The molecule has 53 valence electrons. The number of hydrogen-bond donors (Lipinski definition) is 0. The molecule has 1 atom stereocenters. The summed E-state index contributed by atoms with van der Waals surface area (Å²) in [4.78, 5) is 0. The third-order valence-electron chi connectivity index (χ3n) is 2.15. The molecule has 0 amide bonds. The first-order valence-corrected chi connectivity index (χ1v) is 4.35. The van der Waals surface area contributed by atoms with Gasteiger partial charge in [0.1, 0.15) is 0 Å². The zero-order chi connectivity index (χ0) is 7.84. The van der Waals surface area contributed by atoms with Crippen LogP contribution in [0.2, 0.25) is 0 Å². The molecule has 1 aromatic carbocycles. The average Bonchev–Trinajstić information content (AvgIpc) is 2.35. The molecule has 0 saturated carbocycles. The van der Waals surface area contributed by atoms with Gasteiger partial charge in [0.05, 0.1) is 0 Å². The Morgan fingerprint density at radius 2 is 2.08 bits per heavy atom. The molecule has 0 aliphatic heterocycles. The van der Waals surface area contributed by atoms with Crippen LogP contribution in [0.3, 0.4) is 0 Å². The molecule has 0 fully saturated rings. The normalized spacial score (nSPS) is 18.7. The smallest absolute Gasteiger partial charge is 0.0800 e. The fourth-order valence-corrected chi connectivity index (χ4v) is 1.85. The van der Waals surface area contributed by atoms with Crippen LogP contribution in [-0.2, 0) is 0 Å². The molecule has 0 bridgehead atoms. The van der Waals surface area contributed by atoms with Gasteiger partial charge in [-0.2, -0.15) is 0 Å². The second-order valence-corrected chi connectivity index (χ2v) is 3.54. The van der Waals surface area contributed by atoms with Gasteiger partial charge in [0.15, 0.2) is 0 Å². The van der Waals surface area contributed by atoms with E-state index < -0.39 is 0 Å². The topological polar surface area (TPSA) is 0 Å². The summed E-state index contributed by atoms with van der Waals surface area (Å²) in [6, 6.07) is 6.42. The Morgan fingerprint density at radius 1 is 1.33 bits per heavy atom. The molecule has 0 nitrogen and oxygen atoms in total. The summed E-state index contributed by atoms with van der Waals surface area (Å²) in [5.41, 5.74) is 4.55. The molecule has 3 radical (unpaired) electrons. The van der Waals surface area contributed by atoms with Crippen molar-refractivity contribution in [3.63, 3.8) is 0 Å². The summed E-state index contributed by atoms with van der Waals surface area (Å²) in [6.07, 6.45) is 4.36. The van der Waals surface area contributed by atoms with Gasteiger partial charge in [0, 0.05) is 10.2 Å². The van der Waals surface area contributed by atoms with E-state index in [0.29, 0.717) is 5.54 Å². The molecular formula is C10H9NaSi+.